The van der Waals surface area contributed by atoms with Gasteiger partial charge < -0.3 is 15.8 Å². The van der Waals surface area contributed by atoms with Crippen molar-refractivity contribution in [2.45, 2.75) is 51.2 Å². The predicted octanol–water partition coefficient (Wildman–Crippen LogP) is 2.78. The second-order valence-electron chi connectivity index (χ2n) is 5.49. The van der Waals surface area contributed by atoms with Crippen molar-refractivity contribution >= 4 is 23.3 Å². The van der Waals surface area contributed by atoms with Crippen molar-refractivity contribution in [2.24, 2.45) is 0 Å². The van der Waals surface area contributed by atoms with Gasteiger partial charge in [-0.05, 0) is 31.7 Å². The van der Waals surface area contributed by atoms with E-state index in [1.165, 1.54) is 6.20 Å². The van der Waals surface area contributed by atoms with Crippen molar-refractivity contribution in [1.29, 1.82) is 0 Å². The van der Waals surface area contributed by atoms with Gasteiger partial charge in [0.05, 0.1) is 16.2 Å². The number of ether oxygens (including phenoxy) is 1. The van der Waals surface area contributed by atoms with E-state index >= 15 is 0 Å². The molecule has 2 rings (SSSR count). The largest absolute Gasteiger partial charge is 0.382 e. The summed E-state index contributed by atoms with van der Waals surface area (Å²) in [4.78, 5) is 16.2. The Morgan fingerprint density at radius 1 is 1.57 bits per heavy atom. The normalized spacial score (nSPS) is 21.0. The Hall–Kier alpha value is -1.33. The van der Waals surface area contributed by atoms with Crippen molar-refractivity contribution < 1.29 is 9.53 Å². The third-order valence-corrected chi connectivity index (χ3v) is 4.55. The smallest absolute Gasteiger partial charge is 0.253 e. The summed E-state index contributed by atoms with van der Waals surface area (Å²) in [6.07, 6.45) is 5.00. The van der Waals surface area contributed by atoms with Crippen molar-refractivity contribution in [3.8, 4) is 0 Å². The zero-order valence-electron chi connectivity index (χ0n) is 12.5. The van der Waals surface area contributed by atoms with Gasteiger partial charge in [0.2, 0.25) is 0 Å². The van der Waals surface area contributed by atoms with E-state index in [0.717, 1.165) is 25.7 Å². The van der Waals surface area contributed by atoms with Gasteiger partial charge in [0.25, 0.3) is 5.91 Å². The average molecular weight is 312 g/mol. The van der Waals surface area contributed by atoms with E-state index in [1.54, 1.807) is 6.07 Å². The Balaban J connectivity index is 2.03. The van der Waals surface area contributed by atoms with E-state index in [-0.39, 0.29) is 23.4 Å². The molecule has 1 aliphatic rings. The molecule has 5 nitrogen and oxygen atoms in total. The molecular formula is C15H22ClN3O2. The number of halogens is 1. The van der Waals surface area contributed by atoms with Gasteiger partial charge in [0.15, 0.2) is 0 Å². The molecule has 2 heterocycles. The number of pyridine rings is 1. The summed E-state index contributed by atoms with van der Waals surface area (Å²) in [7, 11) is 0. The Kier molecular flexibility index (Phi) is 5.06. The molecule has 0 bridgehead atoms. The zero-order valence-corrected chi connectivity index (χ0v) is 13.2. The molecular weight excluding hydrogens is 290 g/mol. The molecule has 116 valence electrons. The first-order valence-electron chi connectivity index (χ1n) is 7.35. The van der Waals surface area contributed by atoms with Gasteiger partial charge in [-0.15, -0.1) is 0 Å². The van der Waals surface area contributed by atoms with E-state index in [1.807, 2.05) is 0 Å². The van der Waals surface area contributed by atoms with Crippen LogP contribution in [0.25, 0.3) is 0 Å². The first kappa shape index (κ1) is 16.0. The summed E-state index contributed by atoms with van der Waals surface area (Å²) in [6, 6.07) is 1.66. The lowest BCUT2D eigenvalue weighted by molar-refractivity contribution is -0.0917. The van der Waals surface area contributed by atoms with Crippen LogP contribution in [-0.2, 0) is 4.74 Å². The van der Waals surface area contributed by atoms with Gasteiger partial charge in [-0.3, -0.25) is 4.79 Å². The average Bonchev–Trinajstić information content (AvgIpc) is 2.50. The number of hydrogen-bond donors (Lipinski definition) is 2. The lowest BCUT2D eigenvalue weighted by atomic mass is 9.86. The third-order valence-electron chi connectivity index (χ3n) is 4.25. The maximum Gasteiger partial charge on any atom is 0.253 e. The topological polar surface area (TPSA) is 77.2 Å². The number of anilines is 1. The van der Waals surface area contributed by atoms with Crippen molar-refractivity contribution in [3.63, 3.8) is 0 Å². The van der Waals surface area contributed by atoms with Gasteiger partial charge in [0, 0.05) is 18.8 Å². The third kappa shape index (κ3) is 3.66. The first-order chi connectivity index (χ1) is 9.99. The number of nitrogens with zero attached hydrogens (tertiary/aromatic N) is 1. The molecule has 1 atom stereocenters. The van der Waals surface area contributed by atoms with Crippen LogP contribution >= 0.6 is 11.6 Å². The molecule has 3 N–H and O–H groups in total. The van der Waals surface area contributed by atoms with Crippen LogP contribution in [0.2, 0.25) is 5.02 Å². The molecule has 1 unspecified atom stereocenters. The van der Waals surface area contributed by atoms with Crippen LogP contribution in [0.1, 0.15) is 49.9 Å². The molecule has 1 aliphatic heterocycles. The first-order valence-corrected chi connectivity index (χ1v) is 7.73. The zero-order chi connectivity index (χ0) is 15.5. The van der Waals surface area contributed by atoms with Gasteiger partial charge >= 0.3 is 0 Å². The molecule has 6 heteroatoms. The SMILES string of the molecule is CCC1(CC)CC(NC(=O)c2cnc(N)c(Cl)c2)CCO1. The molecule has 0 radical (unpaired) electrons. The van der Waals surface area contributed by atoms with Crippen LogP contribution in [0, 0.1) is 0 Å². The quantitative estimate of drug-likeness (QED) is 0.896. The monoisotopic (exact) mass is 311 g/mol. The minimum absolute atomic E-state index is 0.113. The van der Waals surface area contributed by atoms with Crippen LogP contribution < -0.4 is 11.1 Å². The van der Waals surface area contributed by atoms with Crippen LogP contribution in [0.4, 0.5) is 5.82 Å². The number of aromatic nitrogens is 1. The van der Waals surface area contributed by atoms with Gasteiger partial charge in [0.1, 0.15) is 5.82 Å². The summed E-state index contributed by atoms with van der Waals surface area (Å²) in [6.45, 7) is 4.92. The number of nitrogens with two attached hydrogens (primary N) is 1. The molecule has 1 amide bonds. The number of nitrogen functional groups attached to an aromatic ring is 1. The van der Waals surface area contributed by atoms with E-state index < -0.39 is 0 Å². The number of hydrogen-bond acceptors (Lipinski definition) is 4. The molecule has 1 aromatic rings. The van der Waals surface area contributed by atoms with Gasteiger partial charge in [-0.2, -0.15) is 0 Å². The van der Waals surface area contributed by atoms with E-state index in [2.05, 4.69) is 24.1 Å². The second-order valence-corrected chi connectivity index (χ2v) is 5.90. The van der Waals surface area contributed by atoms with E-state index in [9.17, 15) is 4.79 Å². The fourth-order valence-electron chi connectivity index (χ4n) is 2.74. The minimum Gasteiger partial charge on any atom is -0.382 e. The van der Waals surface area contributed by atoms with Crippen molar-refractivity contribution in [1.82, 2.24) is 10.3 Å². The number of carbonyl (C=O) groups excluding carboxylic acids is 1. The fraction of sp³-hybridized carbons (Fsp3) is 0.600. The number of amides is 1. The molecule has 1 saturated heterocycles. The highest BCUT2D eigenvalue weighted by Gasteiger charge is 2.35. The summed E-state index contributed by atoms with van der Waals surface area (Å²) >= 11 is 5.90. The molecule has 0 saturated carbocycles. The summed E-state index contributed by atoms with van der Waals surface area (Å²) < 4.78 is 5.91. The summed E-state index contributed by atoms with van der Waals surface area (Å²) in [5, 5.41) is 3.34. The highest BCUT2D eigenvalue weighted by atomic mass is 35.5. The van der Waals surface area contributed by atoms with Crippen molar-refractivity contribution in [2.75, 3.05) is 12.3 Å². The number of carbonyl (C=O) groups is 1. The van der Waals surface area contributed by atoms with Crippen LogP contribution in [0.3, 0.4) is 0 Å². The standard InChI is InChI=1S/C15H22ClN3O2/c1-3-15(4-2)8-11(5-6-21-15)19-14(20)10-7-12(16)13(17)18-9-10/h7,9,11H,3-6,8H2,1-2H3,(H2,17,18)(H,19,20). The molecule has 0 aromatic carbocycles. The Labute approximate surface area is 130 Å². The van der Waals surface area contributed by atoms with Crippen LogP contribution in [-0.4, -0.2) is 29.1 Å². The fourth-order valence-corrected chi connectivity index (χ4v) is 2.90. The Morgan fingerprint density at radius 3 is 2.90 bits per heavy atom. The highest BCUT2D eigenvalue weighted by Crippen LogP contribution is 2.31. The van der Waals surface area contributed by atoms with E-state index in [4.69, 9.17) is 22.1 Å². The maximum atomic E-state index is 12.3. The number of rotatable bonds is 4. The lowest BCUT2D eigenvalue weighted by Crippen LogP contribution is -2.48. The van der Waals surface area contributed by atoms with Gasteiger partial charge in [-0.25, -0.2) is 4.98 Å². The van der Waals surface area contributed by atoms with Crippen molar-refractivity contribution in [3.05, 3.63) is 22.8 Å². The molecule has 0 spiro atoms. The molecule has 0 aliphatic carbocycles. The van der Waals surface area contributed by atoms with Crippen LogP contribution in [0.5, 0.6) is 0 Å². The number of nitrogens with one attached hydrogen (secondary N) is 1. The summed E-state index contributed by atoms with van der Waals surface area (Å²) in [5.41, 5.74) is 5.87. The molecule has 1 fully saturated rings. The molecule has 1 aromatic heterocycles. The lowest BCUT2D eigenvalue weighted by Gasteiger charge is -2.40. The second kappa shape index (κ2) is 6.62. The Bertz CT molecular complexity index is 518. The molecule has 21 heavy (non-hydrogen) atoms. The predicted molar refractivity (Wildman–Crippen MR) is 83.4 cm³/mol. The Morgan fingerprint density at radius 2 is 2.29 bits per heavy atom. The van der Waals surface area contributed by atoms with Gasteiger partial charge in [-0.1, -0.05) is 25.4 Å². The highest BCUT2D eigenvalue weighted by molar-refractivity contribution is 6.33. The maximum absolute atomic E-state index is 12.3. The summed E-state index contributed by atoms with van der Waals surface area (Å²) in [5.74, 6) is 0.0627. The minimum atomic E-state index is -0.169. The van der Waals surface area contributed by atoms with E-state index in [0.29, 0.717) is 17.2 Å². The van der Waals surface area contributed by atoms with Crippen LogP contribution in [0.15, 0.2) is 12.3 Å².